The first-order chi connectivity index (χ1) is 16.1. The van der Waals surface area contributed by atoms with Gasteiger partial charge in [0.25, 0.3) is 5.91 Å². The quantitative estimate of drug-likeness (QED) is 0.242. The topological polar surface area (TPSA) is 29.5 Å². The van der Waals surface area contributed by atoms with Crippen LogP contribution >= 0.6 is 47.2 Å². The van der Waals surface area contributed by atoms with Crippen molar-refractivity contribution in [2.45, 2.75) is 12.8 Å². The highest BCUT2D eigenvalue weighted by Crippen LogP contribution is 2.39. The fourth-order valence-electron chi connectivity index (χ4n) is 3.18. The summed E-state index contributed by atoms with van der Waals surface area (Å²) in [7, 11) is 0. The summed E-state index contributed by atoms with van der Waals surface area (Å²) in [6, 6.07) is 16.6. The van der Waals surface area contributed by atoms with Crippen LogP contribution in [0.4, 0.5) is 18.9 Å². The van der Waals surface area contributed by atoms with Gasteiger partial charge in [-0.05, 0) is 42.5 Å². The lowest BCUT2D eigenvalue weighted by Gasteiger charge is -2.16. The van der Waals surface area contributed by atoms with Crippen molar-refractivity contribution in [2.75, 3.05) is 4.90 Å². The number of benzene rings is 3. The normalized spacial score (nSPS) is 15.3. The van der Waals surface area contributed by atoms with Crippen molar-refractivity contribution in [3.05, 3.63) is 98.4 Å². The van der Waals surface area contributed by atoms with Gasteiger partial charge in [0.15, 0.2) is 4.32 Å². The van der Waals surface area contributed by atoms with Gasteiger partial charge < -0.3 is 4.74 Å². The number of para-hydroxylation sites is 1. The van der Waals surface area contributed by atoms with E-state index in [0.717, 1.165) is 34.4 Å². The van der Waals surface area contributed by atoms with Gasteiger partial charge in [-0.1, -0.05) is 77.5 Å². The minimum absolute atomic E-state index is 0.0580. The SMILES string of the molecule is O=C1C(=Cc2ccccc2OCc2ccc(Cl)cc2Cl)SC(=S)N1c1cccc(C(F)(F)F)c1. The molecule has 0 spiro atoms. The number of hydrogen-bond acceptors (Lipinski definition) is 4. The van der Waals surface area contributed by atoms with Gasteiger partial charge in [0.05, 0.1) is 16.2 Å². The lowest BCUT2D eigenvalue weighted by atomic mass is 10.1. The van der Waals surface area contributed by atoms with Gasteiger partial charge in [-0.15, -0.1) is 0 Å². The van der Waals surface area contributed by atoms with Crippen molar-refractivity contribution in [1.29, 1.82) is 0 Å². The number of anilines is 1. The summed E-state index contributed by atoms with van der Waals surface area (Å²) in [5, 5.41) is 0.976. The molecule has 4 rings (SSSR count). The molecule has 10 heteroatoms. The average Bonchev–Trinajstić information content (AvgIpc) is 3.06. The van der Waals surface area contributed by atoms with Crippen LogP contribution in [0.5, 0.6) is 5.75 Å². The average molecular weight is 540 g/mol. The molecule has 0 radical (unpaired) electrons. The number of hydrogen-bond donors (Lipinski definition) is 0. The van der Waals surface area contributed by atoms with Crippen molar-refractivity contribution in [1.82, 2.24) is 0 Å². The van der Waals surface area contributed by atoms with Gasteiger partial charge >= 0.3 is 6.18 Å². The van der Waals surface area contributed by atoms with Gasteiger partial charge in [0, 0.05) is 21.2 Å². The van der Waals surface area contributed by atoms with Crippen LogP contribution in [0.2, 0.25) is 10.0 Å². The van der Waals surface area contributed by atoms with Crippen LogP contribution in [-0.2, 0) is 17.6 Å². The number of alkyl halides is 3. The minimum Gasteiger partial charge on any atom is -0.488 e. The molecule has 0 aliphatic carbocycles. The smallest absolute Gasteiger partial charge is 0.416 e. The summed E-state index contributed by atoms with van der Waals surface area (Å²) in [4.78, 5) is 14.4. The molecule has 0 bridgehead atoms. The molecule has 1 fully saturated rings. The summed E-state index contributed by atoms with van der Waals surface area (Å²) < 4.78 is 45.4. The molecule has 1 aliphatic rings. The Bertz CT molecular complexity index is 1310. The zero-order chi connectivity index (χ0) is 24.5. The number of ether oxygens (including phenoxy) is 1. The molecule has 0 saturated carbocycles. The van der Waals surface area contributed by atoms with E-state index in [1.165, 1.54) is 12.1 Å². The summed E-state index contributed by atoms with van der Waals surface area (Å²) in [6.45, 7) is 0.173. The van der Waals surface area contributed by atoms with Crippen LogP contribution in [0, 0.1) is 0 Å². The lowest BCUT2D eigenvalue weighted by Crippen LogP contribution is -2.27. The van der Waals surface area contributed by atoms with Gasteiger partial charge in [-0.3, -0.25) is 9.69 Å². The summed E-state index contributed by atoms with van der Waals surface area (Å²) in [6.07, 6.45) is -2.93. The Kier molecular flexibility index (Phi) is 7.23. The fourth-order valence-corrected chi connectivity index (χ4v) is 4.93. The van der Waals surface area contributed by atoms with Gasteiger partial charge in [0.1, 0.15) is 12.4 Å². The summed E-state index contributed by atoms with van der Waals surface area (Å²) >= 11 is 18.4. The van der Waals surface area contributed by atoms with E-state index in [2.05, 4.69) is 0 Å². The van der Waals surface area contributed by atoms with E-state index in [1.807, 2.05) is 0 Å². The standard InChI is InChI=1S/C24H14Cl2F3NO2S2/c25-17-9-8-15(19(26)12-17)13-32-20-7-2-1-4-14(20)10-21-22(31)30(23(33)34-21)18-6-3-5-16(11-18)24(27,28)29/h1-12H,13H2. The van der Waals surface area contributed by atoms with Gasteiger partial charge in [-0.25, -0.2) is 0 Å². The fraction of sp³-hybridized carbons (Fsp3) is 0.0833. The Morgan fingerprint density at radius 2 is 1.79 bits per heavy atom. The molecule has 3 aromatic carbocycles. The van der Waals surface area contributed by atoms with Gasteiger partial charge in [-0.2, -0.15) is 13.2 Å². The van der Waals surface area contributed by atoms with E-state index < -0.39 is 17.6 Å². The maximum atomic E-state index is 13.1. The third-order valence-corrected chi connectivity index (χ3v) is 6.72. The van der Waals surface area contributed by atoms with Crippen LogP contribution in [0.1, 0.15) is 16.7 Å². The third kappa shape index (κ3) is 5.41. The van der Waals surface area contributed by atoms with Crippen LogP contribution in [0.25, 0.3) is 6.08 Å². The monoisotopic (exact) mass is 539 g/mol. The molecule has 1 saturated heterocycles. The molecule has 174 valence electrons. The number of nitrogens with zero attached hydrogens (tertiary/aromatic N) is 1. The number of halogens is 5. The highest BCUT2D eigenvalue weighted by molar-refractivity contribution is 8.27. The molecular formula is C24H14Cl2F3NO2S2. The second-order valence-corrected chi connectivity index (χ2v) is 9.65. The second kappa shape index (κ2) is 10.00. The van der Waals surface area contributed by atoms with Gasteiger partial charge in [0.2, 0.25) is 0 Å². The zero-order valence-corrected chi connectivity index (χ0v) is 20.3. The van der Waals surface area contributed by atoms with E-state index in [9.17, 15) is 18.0 Å². The Morgan fingerprint density at radius 1 is 1.03 bits per heavy atom. The van der Waals surface area contributed by atoms with Crippen molar-refractivity contribution < 1.29 is 22.7 Å². The van der Waals surface area contributed by atoms with Crippen LogP contribution in [0.3, 0.4) is 0 Å². The maximum Gasteiger partial charge on any atom is 0.416 e. The lowest BCUT2D eigenvalue weighted by molar-refractivity contribution is -0.137. The first kappa shape index (κ1) is 24.6. The molecule has 0 unspecified atom stereocenters. The molecule has 34 heavy (non-hydrogen) atoms. The number of amides is 1. The molecule has 0 atom stereocenters. The van der Waals surface area contributed by atoms with Crippen LogP contribution < -0.4 is 9.64 Å². The van der Waals surface area contributed by atoms with Crippen molar-refractivity contribution in [3.63, 3.8) is 0 Å². The predicted octanol–water partition coefficient (Wildman–Crippen LogP) is 8.00. The molecule has 3 aromatic rings. The first-order valence-electron chi connectivity index (χ1n) is 9.74. The Balaban J connectivity index is 1.58. The summed E-state index contributed by atoms with van der Waals surface area (Å²) in [5.74, 6) is -0.0114. The molecule has 0 aromatic heterocycles. The Morgan fingerprint density at radius 3 is 2.53 bits per heavy atom. The largest absolute Gasteiger partial charge is 0.488 e. The van der Waals surface area contributed by atoms with E-state index >= 15 is 0 Å². The zero-order valence-electron chi connectivity index (χ0n) is 17.1. The number of thiocarbonyl (C=S) groups is 1. The molecule has 1 aliphatic heterocycles. The summed E-state index contributed by atoms with van der Waals surface area (Å²) in [5.41, 5.74) is 0.541. The highest BCUT2D eigenvalue weighted by Gasteiger charge is 2.36. The Hall–Kier alpha value is -2.52. The number of carbonyl (C=O) groups is 1. The molecule has 1 heterocycles. The van der Waals surface area contributed by atoms with Crippen LogP contribution in [-0.4, -0.2) is 10.2 Å². The first-order valence-corrected chi connectivity index (χ1v) is 11.7. The number of rotatable bonds is 5. The second-order valence-electron chi connectivity index (χ2n) is 7.13. The molecular weight excluding hydrogens is 526 g/mol. The third-order valence-electron chi connectivity index (χ3n) is 4.83. The van der Waals surface area contributed by atoms with E-state index in [1.54, 1.807) is 48.5 Å². The van der Waals surface area contributed by atoms with Crippen molar-refractivity contribution >= 4 is 69.2 Å². The molecule has 3 nitrogen and oxygen atoms in total. The van der Waals surface area contributed by atoms with Crippen LogP contribution in [0.15, 0.2) is 71.6 Å². The molecule has 0 N–H and O–H groups in total. The van der Waals surface area contributed by atoms with Crippen molar-refractivity contribution in [3.8, 4) is 5.75 Å². The van der Waals surface area contributed by atoms with E-state index in [-0.39, 0.29) is 21.5 Å². The number of thioether (sulfide) groups is 1. The van der Waals surface area contributed by atoms with E-state index in [0.29, 0.717) is 21.4 Å². The Labute approximate surface area is 213 Å². The predicted molar refractivity (Wildman–Crippen MR) is 134 cm³/mol. The van der Waals surface area contributed by atoms with Crippen molar-refractivity contribution in [2.24, 2.45) is 0 Å². The maximum absolute atomic E-state index is 13.1. The highest BCUT2D eigenvalue weighted by atomic mass is 35.5. The molecule has 1 amide bonds. The minimum atomic E-state index is -4.53. The number of carbonyl (C=O) groups excluding carboxylic acids is 1. The van der Waals surface area contributed by atoms with E-state index in [4.69, 9.17) is 40.2 Å².